The molecule has 0 aromatic carbocycles. The molecule has 0 spiro atoms. The van der Waals surface area contributed by atoms with Gasteiger partial charge in [-0.05, 0) is 85.9 Å². The predicted octanol–water partition coefficient (Wildman–Crippen LogP) is 6.04. The van der Waals surface area contributed by atoms with Gasteiger partial charge in [0.15, 0.2) is 0 Å². The summed E-state index contributed by atoms with van der Waals surface area (Å²) < 4.78 is 0.721. The highest BCUT2D eigenvalue weighted by atomic mass is 127. The second kappa shape index (κ2) is 5.99. The van der Waals surface area contributed by atoms with Crippen LogP contribution in [0.15, 0.2) is 0 Å². The molecule has 0 radical (unpaired) electrons. The van der Waals surface area contributed by atoms with Crippen LogP contribution in [0.1, 0.15) is 78.1 Å². The Balaban J connectivity index is 1.61. The summed E-state index contributed by atoms with van der Waals surface area (Å²) in [6, 6.07) is 0. The number of alkyl halides is 1. The van der Waals surface area contributed by atoms with Gasteiger partial charge in [-0.2, -0.15) is 0 Å². The molecule has 0 amide bonds. The summed E-state index contributed by atoms with van der Waals surface area (Å²) in [6.45, 7) is 5.14. The van der Waals surface area contributed by atoms with Gasteiger partial charge in [0.1, 0.15) is 5.78 Å². The molecular weight excluding hydrogens is 395 g/mol. The van der Waals surface area contributed by atoms with Crippen LogP contribution in [-0.4, -0.2) is 10.2 Å². The summed E-state index contributed by atoms with van der Waals surface area (Å²) in [5, 5.41) is 0. The molecule has 0 aromatic heterocycles. The first kappa shape index (κ1) is 16.8. The minimum Gasteiger partial charge on any atom is -0.299 e. The summed E-state index contributed by atoms with van der Waals surface area (Å²) in [7, 11) is 0. The molecule has 130 valence electrons. The molecule has 2 heteroatoms. The van der Waals surface area contributed by atoms with Crippen LogP contribution >= 0.6 is 22.6 Å². The van der Waals surface area contributed by atoms with Crippen LogP contribution < -0.4 is 0 Å². The lowest BCUT2D eigenvalue weighted by Gasteiger charge is -2.60. The van der Waals surface area contributed by atoms with Crippen molar-refractivity contribution in [2.45, 2.75) is 78.1 Å². The minimum atomic E-state index is 0.335. The third-order valence-electron chi connectivity index (χ3n) is 9.10. The molecule has 0 saturated heterocycles. The molecule has 4 fully saturated rings. The predicted molar refractivity (Wildman–Crippen MR) is 104 cm³/mol. The van der Waals surface area contributed by atoms with E-state index in [2.05, 4.69) is 36.4 Å². The summed E-state index contributed by atoms with van der Waals surface area (Å²) in [5.74, 6) is 4.68. The molecular formula is C21H33IO. The van der Waals surface area contributed by atoms with Crippen molar-refractivity contribution in [2.75, 3.05) is 4.43 Å². The van der Waals surface area contributed by atoms with Crippen molar-refractivity contribution in [3.05, 3.63) is 0 Å². The number of hydrogen-bond acceptors (Lipinski definition) is 1. The minimum absolute atomic E-state index is 0.335. The molecule has 7 atom stereocenters. The zero-order chi connectivity index (χ0) is 16.2. The van der Waals surface area contributed by atoms with Gasteiger partial charge in [0.2, 0.25) is 0 Å². The lowest BCUT2D eigenvalue weighted by Crippen LogP contribution is -2.53. The smallest absolute Gasteiger partial charge is 0.146 e. The summed E-state index contributed by atoms with van der Waals surface area (Å²) in [4.78, 5) is 12.5. The van der Waals surface area contributed by atoms with Crippen molar-refractivity contribution in [3.8, 4) is 0 Å². The Kier molecular flexibility index (Phi) is 4.38. The summed E-state index contributed by atoms with van der Waals surface area (Å²) in [6.07, 6.45) is 14.1. The Morgan fingerprint density at radius 1 is 0.913 bits per heavy atom. The second-order valence-electron chi connectivity index (χ2n) is 9.68. The quantitative estimate of drug-likeness (QED) is 0.387. The van der Waals surface area contributed by atoms with Gasteiger partial charge < -0.3 is 0 Å². The number of ketones is 1. The lowest BCUT2D eigenvalue weighted by molar-refractivity contribution is -0.132. The van der Waals surface area contributed by atoms with Crippen LogP contribution in [0.5, 0.6) is 0 Å². The number of hydrogen-bond donors (Lipinski definition) is 0. The molecule has 0 heterocycles. The van der Waals surface area contributed by atoms with E-state index in [1.54, 1.807) is 0 Å². The molecule has 23 heavy (non-hydrogen) atoms. The number of halogens is 1. The van der Waals surface area contributed by atoms with E-state index in [0.717, 1.165) is 28.1 Å². The molecule has 4 aliphatic carbocycles. The maximum Gasteiger partial charge on any atom is 0.146 e. The number of fused-ring (bicyclic) bond motifs is 5. The van der Waals surface area contributed by atoms with Gasteiger partial charge in [-0.3, -0.25) is 4.79 Å². The van der Waals surface area contributed by atoms with E-state index >= 15 is 0 Å². The fourth-order valence-corrected chi connectivity index (χ4v) is 8.45. The van der Waals surface area contributed by atoms with E-state index < -0.39 is 0 Å². The van der Waals surface area contributed by atoms with E-state index in [1.807, 2.05) is 0 Å². The molecule has 0 N–H and O–H groups in total. The molecule has 4 aliphatic rings. The SMILES string of the molecule is C[C@]12CC[C@H]3[C@@H](CCC4CCCC[C@@]43C)[C@@H]1CC[C@@H]2C(=O)CI. The summed E-state index contributed by atoms with van der Waals surface area (Å²) in [5.41, 5.74) is 0.967. The molecule has 4 rings (SSSR count). The van der Waals surface area contributed by atoms with Crippen molar-refractivity contribution < 1.29 is 4.79 Å². The highest BCUT2D eigenvalue weighted by molar-refractivity contribution is 14.1. The van der Waals surface area contributed by atoms with Crippen LogP contribution in [0.4, 0.5) is 0 Å². The van der Waals surface area contributed by atoms with Gasteiger partial charge >= 0.3 is 0 Å². The topological polar surface area (TPSA) is 17.1 Å². The van der Waals surface area contributed by atoms with Crippen LogP contribution in [-0.2, 0) is 4.79 Å². The lowest BCUT2D eigenvalue weighted by atomic mass is 9.45. The van der Waals surface area contributed by atoms with Gasteiger partial charge in [-0.25, -0.2) is 0 Å². The van der Waals surface area contributed by atoms with Crippen LogP contribution in [0.2, 0.25) is 0 Å². The van der Waals surface area contributed by atoms with Crippen molar-refractivity contribution in [1.29, 1.82) is 0 Å². The number of Topliss-reactive ketones (excluding diaryl/α,β-unsaturated/α-hetero) is 1. The van der Waals surface area contributed by atoms with E-state index in [-0.39, 0.29) is 0 Å². The fourth-order valence-electron chi connectivity index (χ4n) is 7.92. The molecule has 1 unspecified atom stereocenters. The van der Waals surface area contributed by atoms with Gasteiger partial charge in [0.25, 0.3) is 0 Å². The standard InChI is InChI=1S/C21H33IO/c1-20-11-4-3-5-14(20)6-7-15-16-8-9-18(19(23)13-22)21(16,2)12-10-17(15)20/h14-18H,3-13H2,1-2H3/t14?,15-,16-,17-,18+,20-,21-/m0/s1. The maximum absolute atomic E-state index is 12.5. The fraction of sp³-hybridized carbons (Fsp3) is 0.952. The Morgan fingerprint density at radius 3 is 2.48 bits per heavy atom. The Bertz CT molecular complexity index is 488. The Labute approximate surface area is 155 Å². The van der Waals surface area contributed by atoms with E-state index in [0.29, 0.717) is 22.5 Å². The largest absolute Gasteiger partial charge is 0.299 e. The first-order valence-corrected chi connectivity index (χ1v) is 11.6. The van der Waals surface area contributed by atoms with Gasteiger partial charge in [-0.15, -0.1) is 0 Å². The van der Waals surface area contributed by atoms with E-state index in [1.165, 1.54) is 64.2 Å². The molecule has 0 aromatic rings. The van der Waals surface area contributed by atoms with Crippen molar-refractivity contribution in [1.82, 2.24) is 0 Å². The molecule has 0 aliphatic heterocycles. The van der Waals surface area contributed by atoms with Gasteiger partial charge in [0.05, 0.1) is 4.43 Å². The normalized spacial score (nSPS) is 52.4. The first-order chi connectivity index (χ1) is 11.0. The van der Waals surface area contributed by atoms with Gasteiger partial charge in [0, 0.05) is 5.92 Å². The number of carbonyl (C=O) groups excluding carboxylic acids is 1. The van der Waals surface area contributed by atoms with Gasteiger partial charge in [-0.1, -0.05) is 49.3 Å². The highest BCUT2D eigenvalue weighted by Crippen LogP contribution is 2.67. The Morgan fingerprint density at radius 2 is 1.70 bits per heavy atom. The molecule has 0 bridgehead atoms. The average Bonchev–Trinajstić information content (AvgIpc) is 2.91. The zero-order valence-corrected chi connectivity index (χ0v) is 17.1. The average molecular weight is 428 g/mol. The highest BCUT2D eigenvalue weighted by Gasteiger charge is 2.60. The monoisotopic (exact) mass is 428 g/mol. The zero-order valence-electron chi connectivity index (χ0n) is 15.0. The molecule has 1 nitrogen and oxygen atoms in total. The third-order valence-corrected chi connectivity index (χ3v) is 9.86. The summed E-state index contributed by atoms with van der Waals surface area (Å²) >= 11 is 2.29. The van der Waals surface area contributed by atoms with Crippen LogP contribution in [0.25, 0.3) is 0 Å². The van der Waals surface area contributed by atoms with Crippen molar-refractivity contribution in [3.63, 3.8) is 0 Å². The second-order valence-corrected chi connectivity index (χ2v) is 10.4. The molecule has 4 saturated carbocycles. The van der Waals surface area contributed by atoms with Crippen LogP contribution in [0, 0.1) is 40.4 Å². The Hall–Kier alpha value is 0.400. The van der Waals surface area contributed by atoms with Crippen molar-refractivity contribution >= 4 is 28.4 Å². The number of rotatable bonds is 2. The van der Waals surface area contributed by atoms with E-state index in [9.17, 15) is 4.79 Å². The maximum atomic E-state index is 12.5. The first-order valence-electron chi connectivity index (χ1n) is 10.1. The van der Waals surface area contributed by atoms with E-state index in [4.69, 9.17) is 0 Å². The van der Waals surface area contributed by atoms with Crippen LogP contribution in [0.3, 0.4) is 0 Å². The third kappa shape index (κ3) is 2.39. The number of carbonyl (C=O) groups is 1. The van der Waals surface area contributed by atoms with Crippen molar-refractivity contribution in [2.24, 2.45) is 40.4 Å².